The molecule has 2 rings (SSSR count). The molecule has 1 aromatic heterocycles. The Kier molecular flexibility index (Phi) is 9.96. The van der Waals surface area contributed by atoms with Gasteiger partial charge in [-0.05, 0) is 37.3 Å². The Morgan fingerprint density at radius 2 is 1.91 bits per heavy atom. The number of primary amides is 1. The Labute approximate surface area is 204 Å². The number of Topliss-reactive ketones (excluding diaryl/α,β-unsaturated/α-hetero) is 2. The molecule has 0 fully saturated rings. The first-order valence-corrected chi connectivity index (χ1v) is 11.3. The highest BCUT2D eigenvalue weighted by molar-refractivity contribution is 6.19. The topological polar surface area (TPSA) is 133 Å². The van der Waals surface area contributed by atoms with Gasteiger partial charge < -0.3 is 16.0 Å². The lowest BCUT2D eigenvalue weighted by Gasteiger charge is -2.23. The van der Waals surface area contributed by atoms with Crippen LogP contribution in [0.5, 0.6) is 0 Å². The number of allylic oxidation sites excluding steroid dienone is 4. The molecule has 0 bridgehead atoms. The van der Waals surface area contributed by atoms with Crippen molar-refractivity contribution in [2.45, 2.75) is 44.9 Å². The Balaban J connectivity index is 1.89. The highest BCUT2D eigenvalue weighted by Gasteiger charge is 2.29. The number of carbonyl (C=O) groups is 3. The number of halogens is 1. The molecular formula is C26H32FN5O3. The summed E-state index contributed by atoms with van der Waals surface area (Å²) >= 11 is 0. The lowest BCUT2D eigenvalue weighted by Crippen LogP contribution is -2.29. The Hall–Kier alpha value is -3.72. The molecule has 0 aliphatic heterocycles. The second-order valence-corrected chi connectivity index (χ2v) is 8.28. The minimum absolute atomic E-state index is 0.0645. The average molecular weight is 482 g/mol. The van der Waals surface area contributed by atoms with Crippen LogP contribution in [0.25, 0.3) is 0 Å². The Morgan fingerprint density at radius 1 is 1.23 bits per heavy atom. The predicted molar refractivity (Wildman–Crippen MR) is 132 cm³/mol. The molecular weight excluding hydrogens is 449 g/mol. The maximum Gasteiger partial charge on any atom is 0.229 e. The van der Waals surface area contributed by atoms with Gasteiger partial charge in [-0.25, -0.2) is 14.4 Å². The van der Waals surface area contributed by atoms with Crippen molar-refractivity contribution in [3.63, 3.8) is 0 Å². The van der Waals surface area contributed by atoms with Crippen LogP contribution in [0.4, 0.5) is 4.39 Å². The van der Waals surface area contributed by atoms with Gasteiger partial charge in [-0.1, -0.05) is 31.4 Å². The van der Waals surface area contributed by atoms with E-state index < -0.39 is 5.91 Å². The van der Waals surface area contributed by atoms with Gasteiger partial charge in [-0.3, -0.25) is 14.4 Å². The molecule has 9 heteroatoms. The molecule has 8 nitrogen and oxygen atoms in total. The molecule has 4 N–H and O–H groups in total. The number of nitrogens with zero attached hydrogens (tertiary/aromatic N) is 3. The molecule has 0 saturated heterocycles. The summed E-state index contributed by atoms with van der Waals surface area (Å²) in [4.78, 5) is 44.1. The van der Waals surface area contributed by atoms with Gasteiger partial charge in [-0.15, -0.1) is 0 Å². The quantitative estimate of drug-likeness (QED) is 0.239. The molecule has 0 unspecified atom stereocenters. The predicted octanol–water partition coefficient (Wildman–Crippen LogP) is 2.82. The molecule has 1 amide bonds. The van der Waals surface area contributed by atoms with Gasteiger partial charge in [-0.2, -0.15) is 0 Å². The third kappa shape index (κ3) is 7.38. The van der Waals surface area contributed by atoms with E-state index in [0.29, 0.717) is 42.5 Å². The van der Waals surface area contributed by atoms with Gasteiger partial charge >= 0.3 is 0 Å². The van der Waals surface area contributed by atoms with E-state index in [1.54, 1.807) is 11.6 Å². The third-order valence-electron chi connectivity index (χ3n) is 5.77. The summed E-state index contributed by atoms with van der Waals surface area (Å²) in [5.74, 6) is -1.17. The van der Waals surface area contributed by atoms with E-state index in [1.165, 1.54) is 18.3 Å². The Morgan fingerprint density at radius 3 is 2.54 bits per heavy atom. The van der Waals surface area contributed by atoms with Gasteiger partial charge in [0.05, 0.1) is 12.2 Å². The number of nitrogens with two attached hydrogens (primary N) is 2. The van der Waals surface area contributed by atoms with E-state index in [0.717, 1.165) is 11.1 Å². The smallest absolute Gasteiger partial charge is 0.229 e. The van der Waals surface area contributed by atoms with Crippen LogP contribution in [-0.4, -0.2) is 33.6 Å². The SMILES string of the molecule is C=CN=c1nc(C(=O)CCC(=C)CC/C(F)=C/CCC2=C(CN)C(=C)C2=O)cc(CC(N)=O)n1C. The first-order valence-electron chi connectivity index (χ1n) is 11.3. The summed E-state index contributed by atoms with van der Waals surface area (Å²) in [6.45, 7) is 11.4. The van der Waals surface area contributed by atoms with Crippen LogP contribution in [-0.2, 0) is 23.1 Å². The molecule has 1 aromatic rings. The van der Waals surface area contributed by atoms with E-state index in [1.807, 2.05) is 0 Å². The maximum atomic E-state index is 14.2. The maximum absolute atomic E-state index is 14.2. The largest absolute Gasteiger partial charge is 0.369 e. The van der Waals surface area contributed by atoms with Crippen LogP contribution < -0.4 is 17.1 Å². The van der Waals surface area contributed by atoms with Crippen LogP contribution >= 0.6 is 0 Å². The van der Waals surface area contributed by atoms with Crippen molar-refractivity contribution in [1.29, 1.82) is 0 Å². The normalized spacial score (nSPS) is 14.3. The van der Waals surface area contributed by atoms with Crippen LogP contribution in [0.15, 0.2) is 71.2 Å². The van der Waals surface area contributed by atoms with Gasteiger partial charge in [0.15, 0.2) is 11.6 Å². The third-order valence-corrected chi connectivity index (χ3v) is 5.77. The summed E-state index contributed by atoms with van der Waals surface area (Å²) in [5.41, 5.74) is 14.4. The number of rotatable bonds is 14. The minimum Gasteiger partial charge on any atom is -0.369 e. The van der Waals surface area contributed by atoms with E-state index in [-0.39, 0.29) is 54.5 Å². The minimum atomic E-state index is -0.542. The summed E-state index contributed by atoms with van der Waals surface area (Å²) in [6.07, 6.45) is 4.60. The zero-order valence-corrected chi connectivity index (χ0v) is 20.1. The molecule has 1 aliphatic carbocycles. The van der Waals surface area contributed by atoms with Crippen molar-refractivity contribution in [2.24, 2.45) is 23.5 Å². The van der Waals surface area contributed by atoms with Crippen LogP contribution in [0.1, 0.15) is 54.7 Å². The standard InChI is InChI=1S/C26H32FN5O3/c1-5-30-26-31-22(13-19(32(26)4)14-24(29)34)23(33)12-10-16(2)9-11-18(27)7-6-8-20-21(15-28)17(3)25(20)35/h5,7,13H,1-3,6,8-12,14-15,28H2,4H3,(H2,29,34)/b18-7-,30-26?. The molecule has 0 radical (unpaired) electrons. The average Bonchev–Trinajstić information content (AvgIpc) is 2.82. The van der Waals surface area contributed by atoms with Crippen molar-refractivity contribution in [3.05, 3.63) is 83.2 Å². The summed E-state index contributed by atoms with van der Waals surface area (Å²) in [5, 5.41) is 0. The first kappa shape index (κ1) is 27.5. The zero-order valence-electron chi connectivity index (χ0n) is 20.1. The number of carbonyl (C=O) groups excluding carboxylic acids is 3. The van der Waals surface area contributed by atoms with Crippen molar-refractivity contribution < 1.29 is 18.8 Å². The van der Waals surface area contributed by atoms with Gasteiger partial charge in [0.2, 0.25) is 11.5 Å². The summed E-state index contributed by atoms with van der Waals surface area (Å²) in [7, 11) is 1.67. The first-order chi connectivity index (χ1) is 16.6. The molecule has 186 valence electrons. The fourth-order valence-corrected chi connectivity index (χ4v) is 3.69. The van der Waals surface area contributed by atoms with Crippen molar-refractivity contribution in [2.75, 3.05) is 6.54 Å². The van der Waals surface area contributed by atoms with Crippen molar-refractivity contribution in [3.8, 4) is 0 Å². The lowest BCUT2D eigenvalue weighted by atomic mass is 9.80. The molecule has 1 aliphatic rings. The van der Waals surface area contributed by atoms with E-state index in [4.69, 9.17) is 11.5 Å². The number of hydrogen-bond acceptors (Lipinski definition) is 6. The Bertz CT molecular complexity index is 1200. The second kappa shape index (κ2) is 12.7. The van der Waals surface area contributed by atoms with Crippen LogP contribution in [0.2, 0.25) is 0 Å². The lowest BCUT2D eigenvalue weighted by molar-refractivity contribution is -0.117. The molecule has 0 spiro atoms. The molecule has 0 atom stereocenters. The number of aromatic nitrogens is 2. The number of ketones is 2. The van der Waals surface area contributed by atoms with Gasteiger partial charge in [0.25, 0.3) is 0 Å². The van der Waals surface area contributed by atoms with E-state index in [2.05, 4.69) is 29.7 Å². The summed E-state index contributed by atoms with van der Waals surface area (Å²) in [6, 6.07) is 1.52. The number of hydrogen-bond donors (Lipinski definition) is 2. The van der Waals surface area contributed by atoms with E-state index >= 15 is 0 Å². The van der Waals surface area contributed by atoms with Crippen LogP contribution in [0, 0.1) is 0 Å². The van der Waals surface area contributed by atoms with E-state index in [9.17, 15) is 18.8 Å². The monoisotopic (exact) mass is 481 g/mol. The second-order valence-electron chi connectivity index (χ2n) is 8.28. The summed E-state index contributed by atoms with van der Waals surface area (Å²) < 4.78 is 15.8. The fraction of sp³-hybridized carbons (Fsp3) is 0.346. The highest BCUT2D eigenvalue weighted by atomic mass is 19.1. The van der Waals surface area contributed by atoms with Crippen LogP contribution in [0.3, 0.4) is 0 Å². The fourth-order valence-electron chi connectivity index (χ4n) is 3.69. The molecule has 0 aromatic carbocycles. The van der Waals surface area contributed by atoms with Crippen molar-refractivity contribution in [1.82, 2.24) is 9.55 Å². The molecule has 1 heterocycles. The zero-order chi connectivity index (χ0) is 26.1. The van der Waals surface area contributed by atoms with Crippen molar-refractivity contribution >= 4 is 17.5 Å². The van der Waals surface area contributed by atoms with Gasteiger partial charge in [0, 0.05) is 49.5 Å². The van der Waals surface area contributed by atoms with Gasteiger partial charge in [0.1, 0.15) is 5.69 Å². The highest BCUT2D eigenvalue weighted by Crippen LogP contribution is 2.31. The number of amides is 1. The molecule has 35 heavy (non-hydrogen) atoms. The molecule has 0 saturated carbocycles.